The van der Waals surface area contributed by atoms with Crippen LogP contribution in [0.15, 0.2) is 0 Å². The van der Waals surface area contributed by atoms with E-state index in [2.05, 4.69) is 12.2 Å². The van der Waals surface area contributed by atoms with Gasteiger partial charge in [-0.2, -0.15) is 0 Å². The van der Waals surface area contributed by atoms with Crippen molar-refractivity contribution in [2.45, 2.75) is 77.2 Å². The van der Waals surface area contributed by atoms with Gasteiger partial charge in [0.05, 0.1) is 11.8 Å². The van der Waals surface area contributed by atoms with Gasteiger partial charge in [0.15, 0.2) is 0 Å². The second kappa shape index (κ2) is 7.81. The molecule has 2 saturated carbocycles. The molecule has 0 unspecified atom stereocenters. The highest BCUT2D eigenvalue weighted by atomic mass is 16.4. The molecule has 0 aromatic heterocycles. The first-order valence-electron chi connectivity index (χ1n) is 8.65. The first-order valence-corrected chi connectivity index (χ1v) is 8.65. The molecule has 2 fully saturated rings. The molecule has 0 bridgehead atoms. The molecule has 1 amide bonds. The Morgan fingerprint density at radius 2 is 1.62 bits per heavy atom. The molecule has 0 saturated heterocycles. The lowest BCUT2D eigenvalue weighted by Crippen LogP contribution is -2.45. The lowest BCUT2D eigenvalue weighted by molar-refractivity contribution is -0.149. The summed E-state index contributed by atoms with van der Waals surface area (Å²) in [6, 6.07) is 0.266. The molecule has 2 N–H and O–H groups in total. The molecule has 0 aromatic rings. The van der Waals surface area contributed by atoms with Gasteiger partial charge in [0.25, 0.3) is 0 Å². The summed E-state index contributed by atoms with van der Waals surface area (Å²) in [4.78, 5) is 23.7. The van der Waals surface area contributed by atoms with Gasteiger partial charge in [0.1, 0.15) is 0 Å². The summed E-state index contributed by atoms with van der Waals surface area (Å²) in [5.41, 5.74) is 0. The van der Waals surface area contributed by atoms with E-state index in [0.29, 0.717) is 6.42 Å². The molecule has 2 rings (SSSR count). The van der Waals surface area contributed by atoms with Crippen LogP contribution >= 0.6 is 0 Å². The Bertz CT molecular complexity index is 361. The largest absolute Gasteiger partial charge is 0.481 e. The van der Waals surface area contributed by atoms with Crippen LogP contribution in [0.1, 0.15) is 71.1 Å². The number of carboxylic acid groups (broad SMARTS) is 1. The molecule has 0 aromatic carbocycles. The van der Waals surface area contributed by atoms with Crippen molar-refractivity contribution in [2.24, 2.45) is 17.8 Å². The Morgan fingerprint density at radius 3 is 2.19 bits per heavy atom. The molecule has 120 valence electrons. The van der Waals surface area contributed by atoms with Crippen LogP contribution in [0.5, 0.6) is 0 Å². The molecule has 4 heteroatoms. The van der Waals surface area contributed by atoms with Gasteiger partial charge in [0.2, 0.25) is 5.91 Å². The summed E-state index contributed by atoms with van der Waals surface area (Å²) < 4.78 is 0. The minimum absolute atomic E-state index is 0.0129. The van der Waals surface area contributed by atoms with E-state index in [4.69, 9.17) is 0 Å². The standard InChI is InChI=1S/C17H29NO3/c1-2-5-12-8-10-13(11-9-12)18-16(19)14-6-3-4-7-15(14)17(20)21/h12-15H,2-11H2,1H3,(H,18,19)(H,20,21)/t12?,13?,14-,15+/m1/s1. The van der Waals surface area contributed by atoms with E-state index in [1.165, 1.54) is 25.7 Å². The maximum absolute atomic E-state index is 12.4. The SMILES string of the molecule is CCCC1CCC(NC(=O)[C@@H]2CCCC[C@@H]2C(=O)O)CC1. The normalized spacial score (nSPS) is 33.4. The molecular weight excluding hydrogens is 266 g/mol. The third kappa shape index (κ3) is 4.45. The zero-order valence-corrected chi connectivity index (χ0v) is 13.1. The zero-order valence-electron chi connectivity index (χ0n) is 13.1. The Kier molecular flexibility index (Phi) is 6.07. The van der Waals surface area contributed by atoms with Crippen LogP contribution in [0, 0.1) is 17.8 Å². The van der Waals surface area contributed by atoms with Gasteiger partial charge in [-0.25, -0.2) is 0 Å². The topological polar surface area (TPSA) is 66.4 Å². The third-order valence-corrected chi connectivity index (χ3v) is 5.31. The summed E-state index contributed by atoms with van der Waals surface area (Å²) in [6.45, 7) is 2.23. The van der Waals surface area contributed by atoms with Crippen LogP contribution in [0.3, 0.4) is 0 Å². The number of nitrogens with one attached hydrogen (secondary N) is 1. The third-order valence-electron chi connectivity index (χ3n) is 5.31. The number of amides is 1. The van der Waals surface area contributed by atoms with E-state index in [0.717, 1.165) is 38.0 Å². The Hall–Kier alpha value is -1.06. The lowest BCUT2D eigenvalue weighted by Gasteiger charge is -2.32. The predicted octanol–water partition coefficient (Wildman–Crippen LogP) is 3.35. The molecule has 21 heavy (non-hydrogen) atoms. The number of carboxylic acids is 1. The summed E-state index contributed by atoms with van der Waals surface area (Å²) >= 11 is 0. The Morgan fingerprint density at radius 1 is 1.00 bits per heavy atom. The maximum atomic E-state index is 12.4. The molecule has 0 spiro atoms. The van der Waals surface area contributed by atoms with Crippen LogP contribution in [-0.4, -0.2) is 23.0 Å². The minimum atomic E-state index is -0.804. The van der Waals surface area contributed by atoms with Gasteiger partial charge < -0.3 is 10.4 Å². The summed E-state index contributed by atoms with van der Waals surface area (Å²) in [6.07, 6.45) is 10.3. The van der Waals surface area contributed by atoms with Crippen molar-refractivity contribution >= 4 is 11.9 Å². The van der Waals surface area contributed by atoms with Crippen LogP contribution in [-0.2, 0) is 9.59 Å². The Labute approximate surface area is 127 Å². The number of rotatable bonds is 5. The van der Waals surface area contributed by atoms with Crippen LogP contribution < -0.4 is 5.32 Å². The van der Waals surface area contributed by atoms with E-state index in [1.54, 1.807) is 0 Å². The van der Waals surface area contributed by atoms with E-state index < -0.39 is 11.9 Å². The van der Waals surface area contributed by atoms with Crippen molar-refractivity contribution < 1.29 is 14.7 Å². The maximum Gasteiger partial charge on any atom is 0.307 e. The lowest BCUT2D eigenvalue weighted by atomic mass is 9.78. The van der Waals surface area contributed by atoms with E-state index in [1.807, 2.05) is 0 Å². The molecule has 2 atom stereocenters. The minimum Gasteiger partial charge on any atom is -0.481 e. The van der Waals surface area contributed by atoms with Crippen molar-refractivity contribution in [1.82, 2.24) is 5.32 Å². The van der Waals surface area contributed by atoms with E-state index in [-0.39, 0.29) is 17.9 Å². The molecule has 0 heterocycles. The van der Waals surface area contributed by atoms with Gasteiger partial charge >= 0.3 is 5.97 Å². The fourth-order valence-electron chi connectivity index (χ4n) is 4.05. The number of aliphatic carboxylic acids is 1. The summed E-state index contributed by atoms with van der Waals surface area (Å²) in [5.74, 6) is -0.785. The Balaban J connectivity index is 1.82. The van der Waals surface area contributed by atoms with Crippen molar-refractivity contribution in [2.75, 3.05) is 0 Å². The highest BCUT2D eigenvalue weighted by Gasteiger charge is 2.36. The van der Waals surface area contributed by atoms with Crippen LogP contribution in [0.25, 0.3) is 0 Å². The number of carbonyl (C=O) groups is 2. The zero-order chi connectivity index (χ0) is 15.2. The van der Waals surface area contributed by atoms with Gasteiger partial charge in [-0.3, -0.25) is 9.59 Å². The van der Waals surface area contributed by atoms with Gasteiger partial charge in [-0.05, 0) is 44.4 Å². The predicted molar refractivity (Wildman–Crippen MR) is 81.9 cm³/mol. The van der Waals surface area contributed by atoms with Gasteiger partial charge in [-0.1, -0.05) is 32.6 Å². The molecular formula is C17H29NO3. The number of carbonyl (C=O) groups excluding carboxylic acids is 1. The smallest absolute Gasteiger partial charge is 0.307 e. The summed E-state index contributed by atoms with van der Waals surface area (Å²) in [5, 5.41) is 12.4. The molecule has 0 radical (unpaired) electrons. The van der Waals surface area contributed by atoms with E-state index in [9.17, 15) is 14.7 Å². The second-order valence-electron chi connectivity index (χ2n) is 6.85. The van der Waals surface area contributed by atoms with Crippen molar-refractivity contribution in [3.63, 3.8) is 0 Å². The molecule has 2 aliphatic carbocycles. The van der Waals surface area contributed by atoms with Crippen LogP contribution in [0.2, 0.25) is 0 Å². The van der Waals surface area contributed by atoms with Crippen molar-refractivity contribution in [3.05, 3.63) is 0 Å². The average molecular weight is 295 g/mol. The van der Waals surface area contributed by atoms with Crippen LogP contribution in [0.4, 0.5) is 0 Å². The second-order valence-corrected chi connectivity index (χ2v) is 6.85. The van der Waals surface area contributed by atoms with E-state index >= 15 is 0 Å². The van der Waals surface area contributed by atoms with Crippen molar-refractivity contribution in [1.29, 1.82) is 0 Å². The number of hydrogen-bond acceptors (Lipinski definition) is 2. The molecule has 4 nitrogen and oxygen atoms in total. The van der Waals surface area contributed by atoms with Gasteiger partial charge in [-0.15, -0.1) is 0 Å². The number of hydrogen-bond donors (Lipinski definition) is 2. The van der Waals surface area contributed by atoms with Crippen molar-refractivity contribution in [3.8, 4) is 0 Å². The molecule has 2 aliphatic rings. The molecule has 0 aliphatic heterocycles. The fourth-order valence-corrected chi connectivity index (χ4v) is 4.05. The van der Waals surface area contributed by atoms with Gasteiger partial charge in [0, 0.05) is 6.04 Å². The first kappa shape index (κ1) is 16.3. The summed E-state index contributed by atoms with van der Waals surface area (Å²) in [7, 11) is 0. The highest BCUT2D eigenvalue weighted by molar-refractivity contribution is 5.85. The quantitative estimate of drug-likeness (QED) is 0.817. The first-order chi connectivity index (χ1) is 10.1. The monoisotopic (exact) mass is 295 g/mol. The fraction of sp³-hybridized carbons (Fsp3) is 0.882. The highest BCUT2D eigenvalue weighted by Crippen LogP contribution is 2.32. The average Bonchev–Trinajstić information content (AvgIpc) is 2.49.